The highest BCUT2D eigenvalue weighted by Crippen LogP contribution is 2.34. The summed E-state index contributed by atoms with van der Waals surface area (Å²) in [6.45, 7) is 15.6. The minimum atomic E-state index is -0.248. The first-order valence-corrected chi connectivity index (χ1v) is 13.6. The van der Waals surface area contributed by atoms with E-state index in [4.69, 9.17) is 26.1 Å². The summed E-state index contributed by atoms with van der Waals surface area (Å²) in [5.41, 5.74) is 3.93. The number of benzene rings is 3. The molecule has 1 heterocycles. The fourth-order valence-electron chi connectivity index (χ4n) is 4.21. The first-order valence-electron chi connectivity index (χ1n) is 13.2. The van der Waals surface area contributed by atoms with E-state index in [-0.39, 0.29) is 16.9 Å². The summed E-state index contributed by atoms with van der Waals surface area (Å²) < 4.78 is 13.2. The Kier molecular flexibility index (Phi) is 8.45. The highest BCUT2D eigenvalue weighted by atomic mass is 35.5. The number of rotatable bonds is 8. The smallest absolute Gasteiger partial charge is 0.282 e. The van der Waals surface area contributed by atoms with Gasteiger partial charge < -0.3 is 9.47 Å². The number of aryl methyl sites for hydroxylation is 1. The lowest BCUT2D eigenvalue weighted by atomic mass is 9.96. The molecule has 0 amide bonds. The first-order chi connectivity index (χ1) is 18.5. The average Bonchev–Trinajstić information content (AvgIpc) is 2.87. The molecule has 0 aliphatic rings. The van der Waals surface area contributed by atoms with Crippen LogP contribution in [-0.4, -0.2) is 29.1 Å². The molecule has 0 atom stereocenters. The maximum Gasteiger partial charge on any atom is 0.282 e. The van der Waals surface area contributed by atoms with Crippen LogP contribution in [0.3, 0.4) is 0 Å². The lowest BCUT2D eigenvalue weighted by molar-refractivity contribution is 0.198. The van der Waals surface area contributed by atoms with Crippen LogP contribution < -0.4 is 15.0 Å². The molecule has 0 aliphatic heterocycles. The van der Waals surface area contributed by atoms with Crippen molar-refractivity contribution in [1.29, 1.82) is 0 Å². The third-order valence-corrected chi connectivity index (χ3v) is 6.51. The van der Waals surface area contributed by atoms with E-state index < -0.39 is 0 Å². The molecule has 39 heavy (non-hydrogen) atoms. The summed E-state index contributed by atoms with van der Waals surface area (Å²) in [4.78, 5) is 18.6. The molecule has 4 rings (SSSR count). The fraction of sp³-hybridized carbons (Fsp3) is 0.344. The second-order valence-electron chi connectivity index (χ2n) is 11.1. The molecule has 0 radical (unpaired) electrons. The molecule has 3 aromatic carbocycles. The largest absolute Gasteiger partial charge is 0.494 e. The van der Waals surface area contributed by atoms with Gasteiger partial charge >= 0.3 is 0 Å². The van der Waals surface area contributed by atoms with Gasteiger partial charge in [-0.3, -0.25) is 4.79 Å². The van der Waals surface area contributed by atoms with Crippen molar-refractivity contribution in [1.82, 2.24) is 9.66 Å². The molecule has 204 valence electrons. The lowest BCUT2D eigenvalue weighted by Gasteiger charge is -2.19. The number of fused-ring (bicyclic) bond motifs is 1. The molecule has 0 bridgehead atoms. The van der Waals surface area contributed by atoms with Gasteiger partial charge in [-0.1, -0.05) is 58.4 Å². The Morgan fingerprint density at radius 3 is 2.46 bits per heavy atom. The SMILES string of the molecule is CCOc1cc(C)c(-c2nc3ccccc3c(=O)n2N=Cc2ccc(OCC(C)(C)C)c(Cl)c2)cc1C(C)C. The zero-order chi connectivity index (χ0) is 28.3. The molecule has 0 N–H and O–H groups in total. The number of ether oxygens (including phenoxy) is 2. The van der Waals surface area contributed by atoms with Crippen LogP contribution in [0.15, 0.2) is 64.5 Å². The lowest BCUT2D eigenvalue weighted by Crippen LogP contribution is -2.21. The zero-order valence-corrected chi connectivity index (χ0v) is 24.5. The predicted molar refractivity (Wildman–Crippen MR) is 161 cm³/mol. The standard InChI is InChI=1S/C32H36ClN3O3/c1-8-38-29-15-21(4)25(17-24(29)20(2)3)30-35-27-12-10-9-11-23(27)31(37)36(30)34-18-22-13-14-28(26(33)16-22)39-19-32(5,6)7/h9-18,20H,8,19H2,1-7H3. The van der Waals surface area contributed by atoms with Gasteiger partial charge in [0.05, 0.1) is 35.4 Å². The van der Waals surface area contributed by atoms with Crippen molar-refractivity contribution in [3.05, 3.63) is 86.7 Å². The molecule has 0 spiro atoms. The van der Waals surface area contributed by atoms with Crippen LogP contribution in [0.5, 0.6) is 11.5 Å². The van der Waals surface area contributed by atoms with E-state index in [2.05, 4.69) is 45.8 Å². The number of hydrogen-bond acceptors (Lipinski definition) is 5. The van der Waals surface area contributed by atoms with Crippen LogP contribution in [0.1, 0.15) is 64.2 Å². The van der Waals surface area contributed by atoms with Crippen molar-refractivity contribution < 1.29 is 9.47 Å². The minimum absolute atomic E-state index is 0.0124. The molecule has 4 aromatic rings. The molecule has 7 heteroatoms. The van der Waals surface area contributed by atoms with Crippen LogP contribution >= 0.6 is 11.6 Å². The monoisotopic (exact) mass is 545 g/mol. The number of nitrogens with zero attached hydrogens (tertiary/aromatic N) is 3. The Bertz CT molecular complexity index is 1580. The summed E-state index contributed by atoms with van der Waals surface area (Å²) in [7, 11) is 0. The Balaban J connectivity index is 1.83. The summed E-state index contributed by atoms with van der Waals surface area (Å²) in [5, 5.41) is 5.60. The van der Waals surface area contributed by atoms with Gasteiger partial charge in [0, 0.05) is 5.56 Å². The van der Waals surface area contributed by atoms with E-state index in [0.717, 1.165) is 28.0 Å². The molecule has 0 unspecified atom stereocenters. The molecule has 0 saturated carbocycles. The first kappa shape index (κ1) is 28.4. The fourth-order valence-corrected chi connectivity index (χ4v) is 4.45. The van der Waals surface area contributed by atoms with Crippen LogP contribution in [0.2, 0.25) is 5.02 Å². The van der Waals surface area contributed by atoms with Gasteiger partial charge in [0.1, 0.15) is 11.5 Å². The van der Waals surface area contributed by atoms with Crippen molar-refractivity contribution >= 4 is 28.7 Å². The Hall–Kier alpha value is -3.64. The van der Waals surface area contributed by atoms with Gasteiger partial charge in [-0.25, -0.2) is 4.98 Å². The summed E-state index contributed by atoms with van der Waals surface area (Å²) >= 11 is 6.51. The molecule has 0 saturated heterocycles. The van der Waals surface area contributed by atoms with Crippen LogP contribution in [0, 0.1) is 12.3 Å². The minimum Gasteiger partial charge on any atom is -0.494 e. The van der Waals surface area contributed by atoms with Gasteiger partial charge in [0.2, 0.25) is 0 Å². The Labute approximate surface area is 235 Å². The van der Waals surface area contributed by atoms with E-state index in [0.29, 0.717) is 40.7 Å². The van der Waals surface area contributed by atoms with Crippen molar-refractivity contribution in [3.63, 3.8) is 0 Å². The predicted octanol–water partition coefficient (Wildman–Crippen LogP) is 7.85. The molecular formula is C32H36ClN3O3. The van der Waals surface area contributed by atoms with Gasteiger partial charge in [0.25, 0.3) is 5.56 Å². The molecule has 0 aliphatic carbocycles. The third-order valence-electron chi connectivity index (χ3n) is 6.21. The highest BCUT2D eigenvalue weighted by molar-refractivity contribution is 6.32. The van der Waals surface area contributed by atoms with Gasteiger partial charge in [-0.05, 0) is 84.3 Å². The van der Waals surface area contributed by atoms with E-state index in [1.54, 1.807) is 18.3 Å². The second kappa shape index (κ2) is 11.6. The summed E-state index contributed by atoms with van der Waals surface area (Å²) in [6.07, 6.45) is 1.62. The molecule has 1 aromatic heterocycles. The molecular weight excluding hydrogens is 510 g/mol. The quantitative estimate of drug-likeness (QED) is 0.211. The number of para-hydroxylation sites is 1. The third kappa shape index (κ3) is 6.51. The maximum absolute atomic E-state index is 13.7. The second-order valence-corrected chi connectivity index (χ2v) is 11.6. The van der Waals surface area contributed by atoms with Gasteiger partial charge in [0.15, 0.2) is 5.82 Å². The van der Waals surface area contributed by atoms with Crippen LogP contribution in [0.4, 0.5) is 0 Å². The van der Waals surface area contributed by atoms with Crippen molar-refractivity contribution in [2.24, 2.45) is 10.5 Å². The topological polar surface area (TPSA) is 65.7 Å². The number of hydrogen-bond donors (Lipinski definition) is 0. The van der Waals surface area contributed by atoms with E-state index in [1.807, 2.05) is 50.2 Å². The molecule has 0 fully saturated rings. The Morgan fingerprint density at radius 1 is 1.05 bits per heavy atom. The zero-order valence-electron chi connectivity index (χ0n) is 23.7. The van der Waals surface area contributed by atoms with E-state index >= 15 is 0 Å². The van der Waals surface area contributed by atoms with Crippen LogP contribution in [0.25, 0.3) is 22.3 Å². The van der Waals surface area contributed by atoms with Crippen molar-refractivity contribution in [2.75, 3.05) is 13.2 Å². The number of aromatic nitrogens is 2. The van der Waals surface area contributed by atoms with Gasteiger partial charge in [-0.2, -0.15) is 9.78 Å². The highest BCUT2D eigenvalue weighted by Gasteiger charge is 2.19. The van der Waals surface area contributed by atoms with E-state index in [1.165, 1.54) is 4.68 Å². The normalized spacial score (nSPS) is 12.0. The van der Waals surface area contributed by atoms with Crippen LogP contribution in [-0.2, 0) is 0 Å². The summed E-state index contributed by atoms with van der Waals surface area (Å²) in [5.74, 6) is 2.14. The average molecular weight is 546 g/mol. The Morgan fingerprint density at radius 2 is 1.79 bits per heavy atom. The van der Waals surface area contributed by atoms with Crippen molar-refractivity contribution in [2.45, 2.75) is 54.4 Å². The maximum atomic E-state index is 13.7. The van der Waals surface area contributed by atoms with E-state index in [9.17, 15) is 4.79 Å². The van der Waals surface area contributed by atoms with Gasteiger partial charge in [-0.15, -0.1) is 0 Å². The molecule has 6 nitrogen and oxygen atoms in total. The van der Waals surface area contributed by atoms with Crippen molar-refractivity contribution in [3.8, 4) is 22.9 Å². The summed E-state index contributed by atoms with van der Waals surface area (Å²) in [6, 6.07) is 16.9. The number of halogens is 1.